The van der Waals surface area contributed by atoms with Crippen molar-refractivity contribution >= 4 is 39.4 Å². The van der Waals surface area contributed by atoms with Crippen molar-refractivity contribution in [3.8, 4) is 11.3 Å². The van der Waals surface area contributed by atoms with E-state index >= 15 is 0 Å². The van der Waals surface area contributed by atoms with Crippen molar-refractivity contribution < 1.29 is 4.79 Å². The number of aryl methyl sites for hydroxylation is 2. The van der Waals surface area contributed by atoms with Crippen LogP contribution in [0.5, 0.6) is 0 Å². The van der Waals surface area contributed by atoms with Crippen molar-refractivity contribution in [2.24, 2.45) is 0 Å². The van der Waals surface area contributed by atoms with Gasteiger partial charge in [-0.3, -0.25) is 4.79 Å². The van der Waals surface area contributed by atoms with Gasteiger partial charge in [0.25, 0.3) is 0 Å². The predicted molar refractivity (Wildman–Crippen MR) is 137 cm³/mol. The van der Waals surface area contributed by atoms with Gasteiger partial charge in [0, 0.05) is 27.9 Å². The van der Waals surface area contributed by atoms with Gasteiger partial charge in [0.15, 0.2) is 5.78 Å². The molecule has 0 unspecified atom stereocenters. The van der Waals surface area contributed by atoms with E-state index in [2.05, 4.69) is 52.6 Å². The van der Waals surface area contributed by atoms with Gasteiger partial charge in [0.1, 0.15) is 6.33 Å². The van der Waals surface area contributed by atoms with E-state index in [1.165, 1.54) is 5.56 Å². The summed E-state index contributed by atoms with van der Waals surface area (Å²) in [7, 11) is 0. The average Bonchev–Trinajstić information content (AvgIpc) is 2.85. The van der Waals surface area contributed by atoms with Gasteiger partial charge >= 0.3 is 0 Å². The highest BCUT2D eigenvalue weighted by molar-refractivity contribution is 6.29. The maximum Gasteiger partial charge on any atom is 0.196 e. The molecule has 4 aromatic carbocycles. The third-order valence-corrected chi connectivity index (χ3v) is 6.27. The van der Waals surface area contributed by atoms with Gasteiger partial charge in [-0.05, 0) is 43.7 Å². The Labute approximate surface area is 197 Å². The second kappa shape index (κ2) is 7.81. The third kappa shape index (κ3) is 3.21. The molecule has 0 fully saturated rings. The van der Waals surface area contributed by atoms with Gasteiger partial charge in [0.2, 0.25) is 0 Å². The zero-order chi connectivity index (χ0) is 23.2. The van der Waals surface area contributed by atoms with E-state index in [-0.39, 0.29) is 5.78 Å². The lowest BCUT2D eigenvalue weighted by Crippen LogP contribution is -2.15. The van der Waals surface area contributed by atoms with Gasteiger partial charge < -0.3 is 10.6 Å². The first-order valence-corrected chi connectivity index (χ1v) is 11.2. The molecule has 34 heavy (non-hydrogen) atoms. The summed E-state index contributed by atoms with van der Waals surface area (Å²) in [5.41, 5.74) is 9.32. The molecular formula is C29H22N4O. The molecule has 0 aliphatic heterocycles. The molecule has 0 saturated carbocycles. The summed E-state index contributed by atoms with van der Waals surface area (Å²) in [6.07, 6.45) is 1.57. The molecule has 5 heteroatoms. The number of ketones is 1. The molecule has 0 spiro atoms. The minimum absolute atomic E-state index is 0.0265. The van der Waals surface area contributed by atoms with Crippen LogP contribution in [0.3, 0.4) is 0 Å². The summed E-state index contributed by atoms with van der Waals surface area (Å²) < 4.78 is 0. The standard InChI is InChI=1S/C29H22N4O/c1-17-12-13-22(18(2)14-17)33-23-15-24(32-19-8-4-3-5-9-19)28-26-25(23)29(34)21-11-7-6-10-20(21)27(26)30-16-31-28/h3-16,32-33H,1-2H3. The van der Waals surface area contributed by atoms with Gasteiger partial charge in [-0.15, -0.1) is 0 Å². The van der Waals surface area contributed by atoms with Crippen LogP contribution in [0.1, 0.15) is 27.0 Å². The Kier molecular flexibility index (Phi) is 4.62. The first kappa shape index (κ1) is 20.1. The van der Waals surface area contributed by atoms with E-state index in [1.54, 1.807) is 6.33 Å². The van der Waals surface area contributed by atoms with E-state index in [0.29, 0.717) is 11.1 Å². The Hall–Kier alpha value is -4.51. The Morgan fingerprint density at radius 1 is 0.706 bits per heavy atom. The fourth-order valence-corrected chi connectivity index (χ4v) is 4.68. The number of carbonyl (C=O) groups is 1. The molecule has 5 aromatic rings. The smallest absolute Gasteiger partial charge is 0.196 e. The Morgan fingerprint density at radius 3 is 2.26 bits per heavy atom. The number of rotatable bonds is 4. The lowest BCUT2D eigenvalue weighted by Gasteiger charge is -2.24. The largest absolute Gasteiger partial charge is 0.355 e. The molecule has 0 saturated heterocycles. The van der Waals surface area contributed by atoms with Crippen LogP contribution in [-0.4, -0.2) is 15.8 Å². The highest BCUT2D eigenvalue weighted by atomic mass is 16.1. The van der Waals surface area contributed by atoms with Crippen LogP contribution in [-0.2, 0) is 0 Å². The van der Waals surface area contributed by atoms with E-state index in [0.717, 1.165) is 50.5 Å². The average molecular weight is 443 g/mol. The van der Waals surface area contributed by atoms with Crippen LogP contribution in [0, 0.1) is 13.8 Å². The lowest BCUT2D eigenvalue weighted by molar-refractivity contribution is 0.104. The molecule has 1 heterocycles. The quantitative estimate of drug-likeness (QED) is 0.309. The molecule has 0 bridgehead atoms. The van der Waals surface area contributed by atoms with Gasteiger partial charge in [-0.1, -0.05) is 60.2 Å². The zero-order valence-corrected chi connectivity index (χ0v) is 18.9. The highest BCUT2D eigenvalue weighted by Crippen LogP contribution is 2.44. The van der Waals surface area contributed by atoms with Gasteiger partial charge in [0.05, 0.1) is 28.1 Å². The number of aromatic nitrogens is 2. The summed E-state index contributed by atoms with van der Waals surface area (Å²) in [6.45, 7) is 4.14. The third-order valence-electron chi connectivity index (χ3n) is 6.27. The van der Waals surface area contributed by atoms with Crippen LogP contribution in [0.2, 0.25) is 0 Å². The molecule has 164 valence electrons. The molecule has 1 aliphatic carbocycles. The summed E-state index contributed by atoms with van der Waals surface area (Å²) in [5.74, 6) is -0.0265. The molecule has 1 aliphatic rings. The van der Waals surface area contributed by atoms with Gasteiger partial charge in [-0.25, -0.2) is 9.97 Å². The summed E-state index contributed by atoms with van der Waals surface area (Å²) in [6, 6.07) is 25.8. The van der Waals surface area contributed by atoms with Crippen LogP contribution in [0.15, 0.2) is 85.2 Å². The van der Waals surface area contributed by atoms with E-state index < -0.39 is 0 Å². The van der Waals surface area contributed by atoms with Crippen LogP contribution in [0.4, 0.5) is 22.7 Å². The number of anilines is 4. The minimum atomic E-state index is -0.0265. The van der Waals surface area contributed by atoms with Crippen LogP contribution in [0.25, 0.3) is 22.2 Å². The van der Waals surface area contributed by atoms with Crippen molar-refractivity contribution in [2.75, 3.05) is 10.6 Å². The maximum absolute atomic E-state index is 13.8. The fraction of sp³-hybridized carbons (Fsp3) is 0.0690. The number of carbonyl (C=O) groups excluding carboxylic acids is 1. The first-order chi connectivity index (χ1) is 16.6. The number of para-hydroxylation sites is 1. The van der Waals surface area contributed by atoms with Gasteiger partial charge in [-0.2, -0.15) is 0 Å². The van der Waals surface area contributed by atoms with E-state index in [9.17, 15) is 4.79 Å². The first-order valence-electron chi connectivity index (χ1n) is 11.2. The van der Waals surface area contributed by atoms with Crippen LogP contribution >= 0.6 is 0 Å². The number of nitrogens with zero attached hydrogens (tertiary/aromatic N) is 2. The van der Waals surface area contributed by atoms with Crippen molar-refractivity contribution in [3.63, 3.8) is 0 Å². The molecule has 6 rings (SSSR count). The number of hydrogen-bond acceptors (Lipinski definition) is 5. The normalized spacial score (nSPS) is 11.9. The maximum atomic E-state index is 13.8. The minimum Gasteiger partial charge on any atom is -0.355 e. The summed E-state index contributed by atoms with van der Waals surface area (Å²) in [4.78, 5) is 23.0. The molecule has 5 nitrogen and oxygen atoms in total. The molecule has 2 N–H and O–H groups in total. The Balaban J connectivity index is 1.64. The zero-order valence-electron chi connectivity index (χ0n) is 18.9. The highest BCUT2D eigenvalue weighted by Gasteiger charge is 2.30. The fourth-order valence-electron chi connectivity index (χ4n) is 4.68. The molecule has 1 aromatic heterocycles. The van der Waals surface area contributed by atoms with Crippen molar-refractivity contribution in [1.82, 2.24) is 9.97 Å². The molecular weight excluding hydrogens is 420 g/mol. The lowest BCUT2D eigenvalue weighted by atomic mass is 9.85. The Morgan fingerprint density at radius 2 is 1.47 bits per heavy atom. The monoisotopic (exact) mass is 442 g/mol. The molecule has 0 atom stereocenters. The second-order valence-corrected chi connectivity index (χ2v) is 8.60. The molecule has 0 amide bonds. The number of nitrogens with one attached hydrogen (secondary N) is 2. The topological polar surface area (TPSA) is 66.9 Å². The predicted octanol–water partition coefficient (Wildman–Crippen LogP) is 6.95. The summed E-state index contributed by atoms with van der Waals surface area (Å²) >= 11 is 0. The number of fused-ring (bicyclic) bond motifs is 2. The van der Waals surface area contributed by atoms with Crippen LogP contribution < -0.4 is 10.6 Å². The molecule has 0 radical (unpaired) electrons. The SMILES string of the molecule is Cc1ccc(Nc2cc(Nc3ccccc3)c3ncnc4c3c2C(=O)c2ccccc2-4)c(C)c1. The number of hydrogen-bond donors (Lipinski definition) is 2. The second-order valence-electron chi connectivity index (χ2n) is 8.60. The van der Waals surface area contributed by atoms with Crippen molar-refractivity contribution in [3.05, 3.63) is 107 Å². The van der Waals surface area contributed by atoms with Crippen molar-refractivity contribution in [2.45, 2.75) is 13.8 Å². The summed E-state index contributed by atoms with van der Waals surface area (Å²) in [5, 5.41) is 7.80. The number of benzene rings is 4. The van der Waals surface area contributed by atoms with Crippen molar-refractivity contribution in [1.29, 1.82) is 0 Å². The van der Waals surface area contributed by atoms with E-state index in [4.69, 9.17) is 0 Å². The Bertz CT molecular complexity index is 1590. The van der Waals surface area contributed by atoms with E-state index in [1.807, 2.05) is 60.7 Å².